The third kappa shape index (κ3) is 1.18. The average molecular weight is 175 g/mol. The zero-order valence-corrected chi connectivity index (χ0v) is 7.19. The minimum absolute atomic E-state index is 0.743. The fourth-order valence-corrected chi connectivity index (χ4v) is 1.41. The Hall–Kier alpha value is -1.77. The molecule has 1 aromatic heterocycles. The molecule has 0 bridgehead atoms. The Morgan fingerprint density at radius 3 is 2.85 bits per heavy atom. The van der Waals surface area contributed by atoms with Gasteiger partial charge in [0.1, 0.15) is 0 Å². The molecule has 0 unspecified atom stereocenters. The molecule has 2 aromatic rings. The zero-order valence-electron chi connectivity index (χ0n) is 7.19. The number of benzene rings is 1. The highest BCUT2D eigenvalue weighted by molar-refractivity contribution is 5.89. The molecule has 66 valence electrons. The van der Waals surface area contributed by atoms with Gasteiger partial charge in [0.15, 0.2) is 0 Å². The second-order valence-electron chi connectivity index (χ2n) is 3.03. The summed E-state index contributed by atoms with van der Waals surface area (Å²) >= 11 is 0. The van der Waals surface area contributed by atoms with Crippen molar-refractivity contribution in [2.24, 2.45) is 0 Å². The quantitative estimate of drug-likeness (QED) is 0.668. The molecule has 0 saturated carbocycles. The lowest BCUT2D eigenvalue weighted by Crippen LogP contribution is -2.05. The molecule has 0 aliphatic rings. The van der Waals surface area contributed by atoms with Gasteiger partial charge in [0, 0.05) is 11.6 Å². The van der Waals surface area contributed by atoms with E-state index in [0.29, 0.717) is 0 Å². The summed E-state index contributed by atoms with van der Waals surface area (Å²) in [7, 11) is 0. The standard InChI is InChI=1S/C10H9NO2/c1-7-2-3-8-4-5-11(10(12)13)9(8)6-7/h2-6H,1H3,(H,12,13). The molecule has 1 N–H and O–H groups in total. The van der Waals surface area contributed by atoms with E-state index in [-0.39, 0.29) is 0 Å². The molecule has 13 heavy (non-hydrogen) atoms. The Morgan fingerprint density at radius 2 is 2.15 bits per heavy atom. The van der Waals surface area contributed by atoms with Crippen molar-refractivity contribution in [3.05, 3.63) is 36.0 Å². The van der Waals surface area contributed by atoms with Crippen LogP contribution in [0.15, 0.2) is 30.5 Å². The number of hydrogen-bond acceptors (Lipinski definition) is 1. The first kappa shape index (κ1) is 7.86. The molecule has 0 spiro atoms. The molecule has 3 nitrogen and oxygen atoms in total. The van der Waals surface area contributed by atoms with Crippen LogP contribution in [0.25, 0.3) is 10.9 Å². The molecular formula is C10H9NO2. The largest absolute Gasteiger partial charge is 0.464 e. The molecule has 1 aromatic carbocycles. The van der Waals surface area contributed by atoms with Crippen LogP contribution >= 0.6 is 0 Å². The summed E-state index contributed by atoms with van der Waals surface area (Å²) in [4.78, 5) is 10.8. The lowest BCUT2D eigenvalue weighted by Gasteiger charge is -1.98. The van der Waals surface area contributed by atoms with Crippen LogP contribution < -0.4 is 0 Å². The third-order valence-corrected chi connectivity index (χ3v) is 2.05. The maximum atomic E-state index is 10.8. The summed E-state index contributed by atoms with van der Waals surface area (Å²) in [5.74, 6) is 0. The van der Waals surface area contributed by atoms with Gasteiger partial charge in [-0.1, -0.05) is 12.1 Å². The zero-order chi connectivity index (χ0) is 9.42. The molecular weight excluding hydrogens is 166 g/mol. The van der Waals surface area contributed by atoms with E-state index in [1.165, 1.54) is 4.57 Å². The van der Waals surface area contributed by atoms with E-state index in [9.17, 15) is 4.79 Å². The van der Waals surface area contributed by atoms with Crippen molar-refractivity contribution in [1.82, 2.24) is 4.57 Å². The summed E-state index contributed by atoms with van der Waals surface area (Å²) in [5, 5.41) is 9.78. The van der Waals surface area contributed by atoms with E-state index in [4.69, 9.17) is 5.11 Å². The number of carbonyl (C=O) groups is 1. The molecule has 2 rings (SSSR count). The molecule has 0 aliphatic heterocycles. The van der Waals surface area contributed by atoms with Crippen molar-refractivity contribution < 1.29 is 9.90 Å². The number of hydrogen-bond donors (Lipinski definition) is 1. The second kappa shape index (κ2) is 2.62. The van der Waals surface area contributed by atoms with E-state index < -0.39 is 6.09 Å². The highest BCUT2D eigenvalue weighted by Crippen LogP contribution is 2.16. The van der Waals surface area contributed by atoms with Crippen molar-refractivity contribution in [2.45, 2.75) is 6.92 Å². The number of carboxylic acid groups (broad SMARTS) is 1. The molecule has 1 heterocycles. The van der Waals surface area contributed by atoms with Gasteiger partial charge in [0.25, 0.3) is 0 Å². The molecule has 0 amide bonds. The predicted octanol–water partition coefficient (Wildman–Crippen LogP) is 2.48. The predicted molar refractivity (Wildman–Crippen MR) is 50.1 cm³/mol. The first-order valence-corrected chi connectivity index (χ1v) is 3.99. The fourth-order valence-electron chi connectivity index (χ4n) is 1.41. The van der Waals surface area contributed by atoms with Crippen LogP contribution in [-0.4, -0.2) is 15.8 Å². The van der Waals surface area contributed by atoms with Gasteiger partial charge in [-0.2, -0.15) is 0 Å². The topological polar surface area (TPSA) is 42.2 Å². The Balaban J connectivity index is 2.79. The van der Waals surface area contributed by atoms with Gasteiger partial charge in [0.2, 0.25) is 0 Å². The van der Waals surface area contributed by atoms with Gasteiger partial charge < -0.3 is 5.11 Å². The van der Waals surface area contributed by atoms with Gasteiger partial charge in [-0.25, -0.2) is 4.79 Å². The third-order valence-electron chi connectivity index (χ3n) is 2.05. The van der Waals surface area contributed by atoms with Gasteiger partial charge >= 0.3 is 6.09 Å². The van der Waals surface area contributed by atoms with Gasteiger partial charge in [-0.3, -0.25) is 4.57 Å². The highest BCUT2D eigenvalue weighted by Gasteiger charge is 2.05. The van der Waals surface area contributed by atoms with Crippen molar-refractivity contribution >= 4 is 17.0 Å². The summed E-state index contributed by atoms with van der Waals surface area (Å²) in [6.07, 6.45) is 0.618. The molecule has 0 fully saturated rings. The maximum absolute atomic E-state index is 10.8. The minimum Gasteiger partial charge on any atom is -0.464 e. The van der Waals surface area contributed by atoms with Crippen molar-refractivity contribution in [3.63, 3.8) is 0 Å². The smallest absolute Gasteiger partial charge is 0.415 e. The average Bonchev–Trinajstić information content (AvgIpc) is 2.46. The summed E-state index contributed by atoms with van der Waals surface area (Å²) in [5.41, 5.74) is 1.81. The Morgan fingerprint density at radius 1 is 1.38 bits per heavy atom. The normalized spacial score (nSPS) is 10.5. The van der Waals surface area contributed by atoms with Crippen LogP contribution in [0.3, 0.4) is 0 Å². The monoisotopic (exact) mass is 175 g/mol. The van der Waals surface area contributed by atoms with Crippen LogP contribution in [0.1, 0.15) is 5.56 Å². The Labute approximate surface area is 75.2 Å². The van der Waals surface area contributed by atoms with Crippen LogP contribution in [-0.2, 0) is 0 Å². The first-order valence-electron chi connectivity index (χ1n) is 3.99. The number of fused-ring (bicyclic) bond motifs is 1. The van der Waals surface area contributed by atoms with Crippen LogP contribution in [0, 0.1) is 6.92 Å². The molecule has 0 saturated heterocycles. The number of aryl methyl sites for hydroxylation is 1. The van der Waals surface area contributed by atoms with Crippen LogP contribution in [0.4, 0.5) is 4.79 Å². The summed E-state index contributed by atoms with van der Waals surface area (Å²) in [6, 6.07) is 7.55. The highest BCUT2D eigenvalue weighted by atomic mass is 16.4. The van der Waals surface area contributed by atoms with Crippen molar-refractivity contribution in [2.75, 3.05) is 0 Å². The van der Waals surface area contributed by atoms with E-state index in [1.807, 2.05) is 25.1 Å². The van der Waals surface area contributed by atoms with Gasteiger partial charge in [0.05, 0.1) is 5.52 Å². The van der Waals surface area contributed by atoms with Crippen molar-refractivity contribution in [1.29, 1.82) is 0 Å². The Kier molecular flexibility index (Phi) is 1.59. The molecule has 0 atom stereocenters. The lowest BCUT2D eigenvalue weighted by atomic mass is 10.2. The second-order valence-corrected chi connectivity index (χ2v) is 3.03. The summed E-state index contributed by atoms with van der Waals surface area (Å²) < 4.78 is 1.22. The lowest BCUT2D eigenvalue weighted by molar-refractivity contribution is 0.197. The van der Waals surface area contributed by atoms with E-state index >= 15 is 0 Å². The van der Waals surface area contributed by atoms with Crippen LogP contribution in [0.2, 0.25) is 0 Å². The SMILES string of the molecule is Cc1ccc2ccn(C(=O)O)c2c1. The van der Waals surface area contributed by atoms with E-state index in [0.717, 1.165) is 16.5 Å². The van der Waals surface area contributed by atoms with E-state index in [1.54, 1.807) is 12.3 Å². The first-order chi connectivity index (χ1) is 6.18. The van der Waals surface area contributed by atoms with E-state index in [2.05, 4.69) is 0 Å². The minimum atomic E-state index is -0.944. The molecule has 3 heteroatoms. The van der Waals surface area contributed by atoms with Crippen LogP contribution in [0.5, 0.6) is 0 Å². The van der Waals surface area contributed by atoms with Gasteiger partial charge in [-0.15, -0.1) is 0 Å². The number of nitrogens with zero attached hydrogens (tertiary/aromatic N) is 1. The molecule has 0 aliphatic carbocycles. The Bertz CT molecular complexity index is 471. The van der Waals surface area contributed by atoms with Crippen molar-refractivity contribution in [3.8, 4) is 0 Å². The summed E-state index contributed by atoms with van der Waals surface area (Å²) in [6.45, 7) is 1.94. The number of rotatable bonds is 0. The maximum Gasteiger partial charge on any atom is 0.415 e. The number of aromatic nitrogens is 1. The molecule has 0 radical (unpaired) electrons. The fraction of sp³-hybridized carbons (Fsp3) is 0.100. The van der Waals surface area contributed by atoms with Gasteiger partial charge in [-0.05, 0) is 24.6 Å².